The van der Waals surface area contributed by atoms with Gasteiger partial charge in [-0.2, -0.15) is 0 Å². The van der Waals surface area contributed by atoms with E-state index >= 15 is 0 Å². The summed E-state index contributed by atoms with van der Waals surface area (Å²) in [5.41, 5.74) is 0.888. The van der Waals surface area contributed by atoms with Crippen LogP contribution in [0.1, 0.15) is 45.1 Å². The fraction of sp³-hybridized carbons (Fsp3) is 0.444. The van der Waals surface area contributed by atoms with E-state index in [0.717, 1.165) is 17.7 Å². The van der Waals surface area contributed by atoms with Gasteiger partial charge in [0.1, 0.15) is 4.32 Å². The maximum atomic E-state index is 11.8. The summed E-state index contributed by atoms with van der Waals surface area (Å²) in [5, 5.41) is 2.61. The van der Waals surface area contributed by atoms with Crippen molar-refractivity contribution in [2.24, 2.45) is 0 Å². The van der Waals surface area contributed by atoms with Crippen molar-refractivity contribution in [3.63, 3.8) is 0 Å². The number of rotatable bonds is 9. The van der Waals surface area contributed by atoms with Crippen LogP contribution in [0.15, 0.2) is 23.1 Å². The molecule has 6 heteroatoms. The van der Waals surface area contributed by atoms with Crippen LogP contribution in [0, 0.1) is 0 Å². The van der Waals surface area contributed by atoms with Crippen LogP contribution in [0.5, 0.6) is 11.5 Å². The third-order valence-corrected chi connectivity index (χ3v) is 4.63. The SMILES string of the molecule is CCCCCCOc1ccc(/C=C2\SC(=S)NC2=O)cc1OCC. The summed E-state index contributed by atoms with van der Waals surface area (Å²) in [6.07, 6.45) is 6.47. The van der Waals surface area contributed by atoms with Gasteiger partial charge in [-0.1, -0.05) is 56.2 Å². The predicted octanol–water partition coefficient (Wildman–Crippen LogP) is 4.53. The van der Waals surface area contributed by atoms with Gasteiger partial charge in [-0.25, -0.2) is 0 Å². The maximum absolute atomic E-state index is 11.8. The molecule has 0 bridgehead atoms. The lowest BCUT2D eigenvalue weighted by Crippen LogP contribution is -2.17. The number of hydrogen-bond acceptors (Lipinski definition) is 5. The smallest absolute Gasteiger partial charge is 0.263 e. The number of unbranched alkanes of at least 4 members (excludes halogenated alkanes) is 3. The van der Waals surface area contributed by atoms with E-state index in [0.29, 0.717) is 28.2 Å². The van der Waals surface area contributed by atoms with Crippen LogP contribution < -0.4 is 14.8 Å². The molecule has 1 amide bonds. The zero-order chi connectivity index (χ0) is 17.4. The molecule has 130 valence electrons. The molecule has 1 aliphatic heterocycles. The van der Waals surface area contributed by atoms with Gasteiger partial charge in [0.05, 0.1) is 18.1 Å². The molecule has 1 fully saturated rings. The summed E-state index contributed by atoms with van der Waals surface area (Å²) in [5.74, 6) is 1.29. The van der Waals surface area contributed by atoms with E-state index in [-0.39, 0.29) is 5.91 Å². The molecule has 0 aliphatic carbocycles. The third-order valence-electron chi connectivity index (χ3n) is 3.46. The first-order valence-corrected chi connectivity index (χ1v) is 9.51. The van der Waals surface area contributed by atoms with E-state index in [1.54, 1.807) is 0 Å². The van der Waals surface area contributed by atoms with Crippen LogP contribution in [0.3, 0.4) is 0 Å². The normalized spacial score (nSPS) is 15.7. The van der Waals surface area contributed by atoms with Gasteiger partial charge in [-0.05, 0) is 37.1 Å². The number of carbonyl (C=O) groups excluding carboxylic acids is 1. The first kappa shape index (κ1) is 18.8. The van der Waals surface area contributed by atoms with Crippen LogP contribution in [-0.2, 0) is 4.79 Å². The summed E-state index contributed by atoms with van der Waals surface area (Å²) in [6.45, 7) is 5.38. The van der Waals surface area contributed by atoms with Crippen LogP contribution in [0.25, 0.3) is 6.08 Å². The Labute approximate surface area is 153 Å². The Morgan fingerprint density at radius 2 is 2.00 bits per heavy atom. The number of amides is 1. The average Bonchev–Trinajstić information content (AvgIpc) is 2.87. The van der Waals surface area contributed by atoms with Crippen LogP contribution >= 0.6 is 24.0 Å². The monoisotopic (exact) mass is 365 g/mol. The molecule has 0 unspecified atom stereocenters. The second-order valence-corrected chi connectivity index (χ2v) is 7.12. The molecule has 1 aromatic carbocycles. The fourth-order valence-electron chi connectivity index (χ4n) is 2.29. The second-order valence-electron chi connectivity index (χ2n) is 5.40. The Morgan fingerprint density at radius 3 is 2.67 bits per heavy atom. The highest BCUT2D eigenvalue weighted by Gasteiger charge is 2.22. The number of thiocarbonyl (C=S) groups is 1. The quantitative estimate of drug-likeness (QED) is 0.396. The van der Waals surface area contributed by atoms with Gasteiger partial charge in [-0.15, -0.1) is 0 Å². The highest BCUT2D eigenvalue weighted by atomic mass is 32.2. The van der Waals surface area contributed by atoms with Gasteiger partial charge < -0.3 is 14.8 Å². The van der Waals surface area contributed by atoms with Crippen molar-refractivity contribution >= 4 is 40.3 Å². The van der Waals surface area contributed by atoms with Gasteiger partial charge >= 0.3 is 0 Å². The highest BCUT2D eigenvalue weighted by molar-refractivity contribution is 8.26. The van der Waals surface area contributed by atoms with Crippen LogP contribution in [-0.4, -0.2) is 23.4 Å². The van der Waals surface area contributed by atoms with E-state index in [4.69, 9.17) is 21.7 Å². The topological polar surface area (TPSA) is 47.6 Å². The largest absolute Gasteiger partial charge is 0.490 e. The molecular weight excluding hydrogens is 342 g/mol. The maximum Gasteiger partial charge on any atom is 0.263 e. The number of nitrogens with one attached hydrogen (secondary N) is 1. The zero-order valence-electron chi connectivity index (χ0n) is 14.1. The van der Waals surface area contributed by atoms with Crippen LogP contribution in [0.4, 0.5) is 0 Å². The van der Waals surface area contributed by atoms with Crippen LogP contribution in [0.2, 0.25) is 0 Å². The van der Waals surface area contributed by atoms with E-state index < -0.39 is 0 Å². The molecule has 2 rings (SSSR count). The molecule has 1 saturated heterocycles. The number of hydrogen-bond donors (Lipinski definition) is 1. The van der Waals surface area contributed by atoms with Crippen molar-refractivity contribution in [2.75, 3.05) is 13.2 Å². The lowest BCUT2D eigenvalue weighted by molar-refractivity contribution is -0.115. The lowest BCUT2D eigenvalue weighted by atomic mass is 10.2. The molecule has 0 spiro atoms. The van der Waals surface area contributed by atoms with E-state index in [1.807, 2.05) is 31.2 Å². The predicted molar refractivity (Wildman–Crippen MR) is 104 cm³/mol. The molecule has 24 heavy (non-hydrogen) atoms. The molecule has 1 aromatic rings. The minimum Gasteiger partial charge on any atom is -0.490 e. The van der Waals surface area contributed by atoms with Gasteiger partial charge in [0.2, 0.25) is 0 Å². The number of thioether (sulfide) groups is 1. The van der Waals surface area contributed by atoms with Crippen molar-refractivity contribution in [3.05, 3.63) is 28.7 Å². The molecule has 1 aliphatic rings. The molecule has 1 N–H and O–H groups in total. The van der Waals surface area contributed by atoms with E-state index in [9.17, 15) is 4.79 Å². The van der Waals surface area contributed by atoms with Crippen molar-refractivity contribution in [1.82, 2.24) is 5.32 Å². The Balaban J connectivity index is 2.07. The number of benzene rings is 1. The van der Waals surface area contributed by atoms with Gasteiger partial charge in [0.25, 0.3) is 5.91 Å². The Morgan fingerprint density at radius 1 is 1.17 bits per heavy atom. The Hall–Kier alpha value is -1.53. The van der Waals surface area contributed by atoms with Crippen molar-refractivity contribution < 1.29 is 14.3 Å². The molecule has 0 atom stereocenters. The summed E-state index contributed by atoms with van der Waals surface area (Å²) in [7, 11) is 0. The molecule has 1 heterocycles. The van der Waals surface area contributed by atoms with E-state index in [2.05, 4.69) is 12.2 Å². The first-order chi connectivity index (χ1) is 11.6. The fourth-order valence-corrected chi connectivity index (χ4v) is 3.33. The van der Waals surface area contributed by atoms with Gasteiger partial charge in [0.15, 0.2) is 11.5 Å². The Kier molecular flexibility index (Phi) is 7.59. The summed E-state index contributed by atoms with van der Waals surface area (Å²) < 4.78 is 12.0. The van der Waals surface area contributed by atoms with Gasteiger partial charge in [0, 0.05) is 0 Å². The lowest BCUT2D eigenvalue weighted by Gasteiger charge is -2.12. The van der Waals surface area contributed by atoms with Crippen molar-refractivity contribution in [2.45, 2.75) is 39.5 Å². The highest BCUT2D eigenvalue weighted by Crippen LogP contribution is 2.32. The first-order valence-electron chi connectivity index (χ1n) is 8.28. The van der Waals surface area contributed by atoms with Crippen molar-refractivity contribution in [1.29, 1.82) is 0 Å². The molecule has 0 saturated carbocycles. The minimum absolute atomic E-state index is 0.154. The molecule has 0 radical (unpaired) electrons. The Bertz CT molecular complexity index is 629. The molecular formula is C18H23NO3S2. The summed E-state index contributed by atoms with van der Waals surface area (Å²) >= 11 is 6.27. The standard InChI is InChI=1S/C18H23NO3S2/c1-3-5-6-7-10-22-14-9-8-13(11-15(14)21-4-2)12-16-17(20)19-18(23)24-16/h8-9,11-12H,3-7,10H2,1-2H3,(H,19,20,23)/b16-12-. The summed E-state index contributed by atoms with van der Waals surface area (Å²) in [6, 6.07) is 5.71. The molecule has 0 aromatic heterocycles. The van der Waals surface area contributed by atoms with Gasteiger partial charge in [-0.3, -0.25) is 4.79 Å². The summed E-state index contributed by atoms with van der Waals surface area (Å²) in [4.78, 5) is 12.3. The number of ether oxygens (including phenoxy) is 2. The second kappa shape index (κ2) is 9.69. The minimum atomic E-state index is -0.154. The number of carbonyl (C=O) groups is 1. The third kappa shape index (κ3) is 5.53. The van der Waals surface area contributed by atoms with Crippen molar-refractivity contribution in [3.8, 4) is 11.5 Å². The zero-order valence-corrected chi connectivity index (χ0v) is 15.7. The molecule has 4 nitrogen and oxygen atoms in total. The average molecular weight is 366 g/mol. The van der Waals surface area contributed by atoms with E-state index in [1.165, 1.54) is 31.0 Å².